The van der Waals surface area contributed by atoms with Crippen LogP contribution in [0.3, 0.4) is 0 Å². The van der Waals surface area contributed by atoms with Gasteiger partial charge in [0.25, 0.3) is 0 Å². The Hall–Kier alpha value is -1.09. The predicted octanol–water partition coefficient (Wildman–Crippen LogP) is 2.51. The fourth-order valence-electron chi connectivity index (χ4n) is 2.46. The fourth-order valence-corrected chi connectivity index (χ4v) is 2.46. The van der Waals surface area contributed by atoms with Crippen molar-refractivity contribution < 1.29 is 4.39 Å². The zero-order valence-electron chi connectivity index (χ0n) is 10.6. The first-order valence-electron chi connectivity index (χ1n) is 6.42. The molecule has 3 heteroatoms. The molecule has 17 heavy (non-hydrogen) atoms. The summed E-state index contributed by atoms with van der Waals surface area (Å²) in [6.45, 7) is 8.68. The topological polar surface area (TPSA) is 15.3 Å². The Balaban J connectivity index is 2.03. The lowest BCUT2D eigenvalue weighted by atomic mass is 9.97. The van der Waals surface area contributed by atoms with Crippen molar-refractivity contribution in [3.05, 3.63) is 30.1 Å². The van der Waals surface area contributed by atoms with E-state index in [0.717, 1.165) is 37.8 Å². The summed E-state index contributed by atoms with van der Waals surface area (Å²) >= 11 is 0. The normalized spacial score (nSPS) is 23.9. The Kier molecular flexibility index (Phi) is 4.00. The molecule has 2 rings (SSSR count). The summed E-state index contributed by atoms with van der Waals surface area (Å²) in [5.41, 5.74) is 1.12. The summed E-state index contributed by atoms with van der Waals surface area (Å²) in [4.78, 5) is 2.33. The lowest BCUT2D eigenvalue weighted by Gasteiger charge is -2.28. The van der Waals surface area contributed by atoms with E-state index in [1.165, 1.54) is 12.1 Å². The zero-order valence-corrected chi connectivity index (χ0v) is 10.6. The van der Waals surface area contributed by atoms with Crippen LogP contribution in [-0.2, 0) is 0 Å². The summed E-state index contributed by atoms with van der Waals surface area (Å²) in [5, 5.41) is 3.43. The predicted molar refractivity (Wildman–Crippen MR) is 69.8 cm³/mol. The highest BCUT2D eigenvalue weighted by Gasteiger charge is 2.24. The van der Waals surface area contributed by atoms with Gasteiger partial charge in [0.2, 0.25) is 0 Å². The largest absolute Gasteiger partial charge is 0.371 e. The lowest BCUT2D eigenvalue weighted by Crippen LogP contribution is -2.32. The molecule has 2 unspecified atom stereocenters. The lowest BCUT2D eigenvalue weighted by molar-refractivity contribution is 0.449. The zero-order chi connectivity index (χ0) is 12.3. The molecule has 1 saturated heterocycles. The molecule has 0 spiro atoms. The molecule has 1 aromatic carbocycles. The SMILES string of the molecule is CCN(CC1CNCC1C)c1ccc(F)cc1. The van der Waals surface area contributed by atoms with E-state index < -0.39 is 0 Å². The van der Waals surface area contributed by atoms with Crippen molar-refractivity contribution in [3.63, 3.8) is 0 Å². The van der Waals surface area contributed by atoms with Gasteiger partial charge in [0.15, 0.2) is 0 Å². The van der Waals surface area contributed by atoms with Crippen LogP contribution >= 0.6 is 0 Å². The molecule has 94 valence electrons. The number of rotatable bonds is 4. The Morgan fingerprint density at radius 3 is 2.53 bits per heavy atom. The van der Waals surface area contributed by atoms with Gasteiger partial charge in [0.05, 0.1) is 0 Å². The molecular weight excluding hydrogens is 215 g/mol. The molecule has 2 nitrogen and oxygen atoms in total. The standard InChI is InChI=1S/C14H21FN2/c1-3-17(10-12-9-16-8-11(12)2)14-6-4-13(15)5-7-14/h4-7,11-12,16H,3,8-10H2,1-2H3. The molecule has 0 bridgehead atoms. The van der Waals surface area contributed by atoms with Crippen LogP contribution < -0.4 is 10.2 Å². The Labute approximate surface area is 103 Å². The van der Waals surface area contributed by atoms with Gasteiger partial charge in [-0.3, -0.25) is 0 Å². The van der Waals surface area contributed by atoms with Gasteiger partial charge in [-0.05, 0) is 56.1 Å². The molecule has 0 radical (unpaired) electrons. The van der Waals surface area contributed by atoms with E-state index >= 15 is 0 Å². The highest BCUT2D eigenvalue weighted by molar-refractivity contribution is 5.46. The van der Waals surface area contributed by atoms with Crippen LogP contribution in [0, 0.1) is 17.7 Å². The maximum Gasteiger partial charge on any atom is 0.123 e. The van der Waals surface area contributed by atoms with Crippen molar-refractivity contribution in [1.29, 1.82) is 0 Å². The molecule has 1 fully saturated rings. The van der Waals surface area contributed by atoms with Gasteiger partial charge in [0, 0.05) is 18.8 Å². The number of halogens is 1. The Morgan fingerprint density at radius 2 is 2.00 bits per heavy atom. The molecule has 1 aromatic rings. The highest BCUT2D eigenvalue weighted by Crippen LogP contribution is 2.21. The molecule has 1 N–H and O–H groups in total. The van der Waals surface area contributed by atoms with Gasteiger partial charge in [-0.25, -0.2) is 4.39 Å². The molecule has 0 amide bonds. The van der Waals surface area contributed by atoms with Crippen LogP contribution in [0.4, 0.5) is 10.1 Å². The summed E-state index contributed by atoms with van der Waals surface area (Å²) in [6, 6.07) is 6.81. The summed E-state index contributed by atoms with van der Waals surface area (Å²) < 4.78 is 12.9. The maximum atomic E-state index is 12.9. The highest BCUT2D eigenvalue weighted by atomic mass is 19.1. The molecule has 0 saturated carbocycles. The summed E-state index contributed by atoms with van der Waals surface area (Å²) in [7, 11) is 0. The molecule has 0 aliphatic carbocycles. The van der Waals surface area contributed by atoms with Crippen LogP contribution in [0.2, 0.25) is 0 Å². The number of hydrogen-bond donors (Lipinski definition) is 1. The van der Waals surface area contributed by atoms with Crippen molar-refractivity contribution in [2.24, 2.45) is 11.8 Å². The van der Waals surface area contributed by atoms with E-state index in [0.29, 0.717) is 5.92 Å². The number of nitrogens with zero attached hydrogens (tertiary/aromatic N) is 1. The van der Waals surface area contributed by atoms with E-state index in [1.807, 2.05) is 12.1 Å². The minimum atomic E-state index is -0.166. The first-order valence-corrected chi connectivity index (χ1v) is 6.42. The monoisotopic (exact) mass is 236 g/mol. The number of benzene rings is 1. The van der Waals surface area contributed by atoms with Crippen molar-refractivity contribution in [3.8, 4) is 0 Å². The molecular formula is C14H21FN2. The van der Waals surface area contributed by atoms with Crippen LogP contribution in [0.1, 0.15) is 13.8 Å². The van der Waals surface area contributed by atoms with E-state index in [1.54, 1.807) is 0 Å². The first-order chi connectivity index (χ1) is 8.20. The van der Waals surface area contributed by atoms with Crippen LogP contribution in [0.15, 0.2) is 24.3 Å². The number of hydrogen-bond acceptors (Lipinski definition) is 2. The van der Waals surface area contributed by atoms with Gasteiger partial charge in [-0.15, -0.1) is 0 Å². The van der Waals surface area contributed by atoms with Gasteiger partial charge >= 0.3 is 0 Å². The van der Waals surface area contributed by atoms with Gasteiger partial charge < -0.3 is 10.2 Å². The third kappa shape index (κ3) is 2.97. The van der Waals surface area contributed by atoms with Crippen LogP contribution in [0.25, 0.3) is 0 Å². The van der Waals surface area contributed by atoms with Gasteiger partial charge in [-0.2, -0.15) is 0 Å². The van der Waals surface area contributed by atoms with E-state index in [2.05, 4.69) is 24.1 Å². The first kappa shape index (κ1) is 12.4. The average Bonchev–Trinajstić information content (AvgIpc) is 2.73. The van der Waals surface area contributed by atoms with Crippen molar-refractivity contribution >= 4 is 5.69 Å². The quantitative estimate of drug-likeness (QED) is 0.864. The third-order valence-electron chi connectivity index (χ3n) is 3.71. The van der Waals surface area contributed by atoms with Gasteiger partial charge in [-0.1, -0.05) is 6.92 Å². The van der Waals surface area contributed by atoms with Crippen LogP contribution in [0.5, 0.6) is 0 Å². The average molecular weight is 236 g/mol. The molecule has 2 atom stereocenters. The smallest absolute Gasteiger partial charge is 0.123 e. The Bertz CT molecular complexity index is 350. The third-order valence-corrected chi connectivity index (χ3v) is 3.71. The summed E-state index contributed by atoms with van der Waals surface area (Å²) in [6.07, 6.45) is 0. The number of nitrogens with one attached hydrogen (secondary N) is 1. The van der Waals surface area contributed by atoms with E-state index in [9.17, 15) is 4.39 Å². The van der Waals surface area contributed by atoms with E-state index in [4.69, 9.17) is 0 Å². The molecule has 1 aliphatic heterocycles. The molecule has 0 aromatic heterocycles. The fraction of sp³-hybridized carbons (Fsp3) is 0.571. The molecule has 1 aliphatic rings. The molecule has 1 heterocycles. The summed E-state index contributed by atoms with van der Waals surface area (Å²) in [5.74, 6) is 1.25. The second-order valence-corrected chi connectivity index (χ2v) is 4.91. The Morgan fingerprint density at radius 1 is 1.29 bits per heavy atom. The van der Waals surface area contributed by atoms with Gasteiger partial charge in [0.1, 0.15) is 5.82 Å². The van der Waals surface area contributed by atoms with E-state index in [-0.39, 0.29) is 5.82 Å². The van der Waals surface area contributed by atoms with Crippen molar-refractivity contribution in [2.75, 3.05) is 31.1 Å². The van der Waals surface area contributed by atoms with Crippen LogP contribution in [-0.4, -0.2) is 26.2 Å². The van der Waals surface area contributed by atoms with Crippen molar-refractivity contribution in [2.45, 2.75) is 13.8 Å². The minimum Gasteiger partial charge on any atom is -0.371 e. The second-order valence-electron chi connectivity index (χ2n) is 4.91. The maximum absolute atomic E-state index is 12.9. The number of anilines is 1. The second kappa shape index (κ2) is 5.50. The minimum absolute atomic E-state index is 0.166. The van der Waals surface area contributed by atoms with Crippen molar-refractivity contribution in [1.82, 2.24) is 5.32 Å².